The van der Waals surface area contributed by atoms with Gasteiger partial charge in [0.25, 0.3) is 5.56 Å². The van der Waals surface area contributed by atoms with Crippen molar-refractivity contribution in [1.82, 2.24) is 9.55 Å². The average molecular weight is 382 g/mol. The summed E-state index contributed by atoms with van der Waals surface area (Å²) in [6, 6.07) is 5.10. The number of nitrogens with two attached hydrogens (primary N) is 2. The van der Waals surface area contributed by atoms with Gasteiger partial charge in [0.05, 0.1) is 15.6 Å². The van der Waals surface area contributed by atoms with Crippen molar-refractivity contribution >= 4 is 35.0 Å². The van der Waals surface area contributed by atoms with Crippen LogP contribution < -0.4 is 21.9 Å². The number of nitrogen functional groups attached to an aromatic ring is 1. The fourth-order valence-electron chi connectivity index (χ4n) is 3.06. The van der Waals surface area contributed by atoms with E-state index in [1.54, 1.807) is 25.2 Å². The minimum Gasteiger partial charge on any atom is -0.383 e. The zero-order chi connectivity index (χ0) is 18.4. The minimum atomic E-state index is -0.257. The van der Waals surface area contributed by atoms with Crippen LogP contribution in [0.2, 0.25) is 10.0 Å². The van der Waals surface area contributed by atoms with Crippen LogP contribution >= 0.6 is 23.2 Å². The first-order valence-corrected chi connectivity index (χ1v) is 8.81. The van der Waals surface area contributed by atoms with Gasteiger partial charge in [-0.2, -0.15) is 4.98 Å². The highest BCUT2D eigenvalue weighted by Crippen LogP contribution is 2.34. The Kier molecular flexibility index (Phi) is 4.70. The molecule has 25 heavy (non-hydrogen) atoms. The summed E-state index contributed by atoms with van der Waals surface area (Å²) in [7, 11) is 1.68. The molecule has 1 fully saturated rings. The van der Waals surface area contributed by atoms with Gasteiger partial charge in [-0.3, -0.25) is 9.36 Å². The molecule has 8 heteroatoms. The summed E-state index contributed by atoms with van der Waals surface area (Å²) in [6.45, 7) is 3.49. The smallest absolute Gasteiger partial charge is 0.264 e. The molecule has 0 amide bonds. The third kappa shape index (κ3) is 3.34. The summed E-state index contributed by atoms with van der Waals surface area (Å²) in [5.41, 5.74) is 12.6. The van der Waals surface area contributed by atoms with E-state index in [0.29, 0.717) is 21.6 Å². The molecule has 0 bridgehead atoms. The number of piperidine rings is 1. The first-order valence-electron chi connectivity index (χ1n) is 8.06. The molecule has 0 saturated carbocycles. The Hall–Kier alpha value is -1.76. The SMILES string of the molecule is Cn1c(N2CCC(C)(N)CC2)nc(N)c(-c2cccc(Cl)c2Cl)c1=O. The normalized spacial score (nSPS) is 16.9. The van der Waals surface area contributed by atoms with Crippen molar-refractivity contribution in [3.05, 3.63) is 38.6 Å². The quantitative estimate of drug-likeness (QED) is 0.834. The lowest BCUT2D eigenvalue weighted by Gasteiger charge is -2.37. The predicted molar refractivity (Wildman–Crippen MR) is 103 cm³/mol. The average Bonchev–Trinajstić information content (AvgIpc) is 2.55. The molecule has 4 N–H and O–H groups in total. The number of anilines is 2. The van der Waals surface area contributed by atoms with Gasteiger partial charge in [-0.1, -0.05) is 35.3 Å². The summed E-state index contributed by atoms with van der Waals surface area (Å²) >= 11 is 12.3. The lowest BCUT2D eigenvalue weighted by molar-refractivity contribution is 0.360. The Labute approximate surface area is 156 Å². The van der Waals surface area contributed by atoms with Crippen LogP contribution in [0.15, 0.2) is 23.0 Å². The molecule has 3 rings (SSSR count). The van der Waals surface area contributed by atoms with Gasteiger partial charge in [0, 0.05) is 31.2 Å². The molecule has 0 spiro atoms. The van der Waals surface area contributed by atoms with Crippen molar-refractivity contribution in [2.24, 2.45) is 12.8 Å². The van der Waals surface area contributed by atoms with Gasteiger partial charge in [-0.05, 0) is 25.8 Å². The van der Waals surface area contributed by atoms with Crippen molar-refractivity contribution < 1.29 is 0 Å². The zero-order valence-electron chi connectivity index (χ0n) is 14.2. The summed E-state index contributed by atoms with van der Waals surface area (Å²) in [6.07, 6.45) is 1.65. The summed E-state index contributed by atoms with van der Waals surface area (Å²) in [4.78, 5) is 19.4. The highest BCUT2D eigenvalue weighted by atomic mass is 35.5. The number of nitrogens with zero attached hydrogens (tertiary/aromatic N) is 3. The second kappa shape index (κ2) is 6.52. The third-order valence-corrected chi connectivity index (χ3v) is 5.52. The second-order valence-corrected chi connectivity index (χ2v) is 7.56. The summed E-state index contributed by atoms with van der Waals surface area (Å²) in [5, 5.41) is 0.655. The van der Waals surface area contributed by atoms with Crippen molar-refractivity contribution in [2.75, 3.05) is 23.7 Å². The molecular weight excluding hydrogens is 361 g/mol. The maximum atomic E-state index is 12.9. The Balaban J connectivity index is 2.07. The molecule has 0 unspecified atom stereocenters. The third-order valence-electron chi connectivity index (χ3n) is 4.70. The first-order chi connectivity index (χ1) is 11.7. The van der Waals surface area contributed by atoms with Gasteiger partial charge in [0.15, 0.2) is 0 Å². The molecule has 134 valence electrons. The van der Waals surface area contributed by atoms with Crippen molar-refractivity contribution in [2.45, 2.75) is 25.3 Å². The van der Waals surface area contributed by atoms with Crippen LogP contribution in [0.25, 0.3) is 11.1 Å². The maximum Gasteiger partial charge on any atom is 0.264 e. The summed E-state index contributed by atoms with van der Waals surface area (Å²) < 4.78 is 1.50. The van der Waals surface area contributed by atoms with Gasteiger partial charge < -0.3 is 16.4 Å². The second-order valence-electron chi connectivity index (χ2n) is 6.78. The van der Waals surface area contributed by atoms with Crippen LogP contribution in [0, 0.1) is 0 Å². The van der Waals surface area contributed by atoms with Crippen LogP contribution in [0.5, 0.6) is 0 Å². The van der Waals surface area contributed by atoms with Crippen LogP contribution in [-0.2, 0) is 7.05 Å². The molecule has 2 heterocycles. The van der Waals surface area contributed by atoms with Gasteiger partial charge in [0.2, 0.25) is 5.95 Å². The molecule has 1 aliphatic heterocycles. The Morgan fingerprint density at radius 3 is 2.52 bits per heavy atom. The van der Waals surface area contributed by atoms with E-state index in [4.69, 9.17) is 34.7 Å². The number of hydrogen-bond donors (Lipinski definition) is 2. The highest BCUT2D eigenvalue weighted by molar-refractivity contribution is 6.43. The lowest BCUT2D eigenvalue weighted by Crippen LogP contribution is -2.49. The standard InChI is InChI=1S/C17H21Cl2N5O/c1-17(21)6-8-24(9-7-17)16-22-14(20)12(15(25)23(16)2)10-4-3-5-11(18)13(10)19/h3-5H,6-9,20-21H2,1-2H3. The van der Waals surface area contributed by atoms with Gasteiger partial charge in [-0.25, -0.2) is 0 Å². The molecule has 2 aromatic rings. The van der Waals surface area contributed by atoms with Crippen molar-refractivity contribution in [1.29, 1.82) is 0 Å². The van der Waals surface area contributed by atoms with Gasteiger partial charge >= 0.3 is 0 Å². The van der Waals surface area contributed by atoms with Crippen LogP contribution in [0.4, 0.5) is 11.8 Å². The maximum absolute atomic E-state index is 12.9. The molecule has 1 aromatic heterocycles. The monoisotopic (exact) mass is 381 g/mol. The van der Waals surface area contributed by atoms with Crippen molar-refractivity contribution in [3.63, 3.8) is 0 Å². The first kappa shape index (κ1) is 18.0. The van der Waals surface area contributed by atoms with E-state index in [1.165, 1.54) is 4.57 Å². The number of hydrogen-bond acceptors (Lipinski definition) is 5. The highest BCUT2D eigenvalue weighted by Gasteiger charge is 2.28. The molecular formula is C17H21Cl2N5O. The van der Waals surface area contributed by atoms with E-state index >= 15 is 0 Å². The molecule has 0 aliphatic carbocycles. The van der Waals surface area contributed by atoms with E-state index in [-0.39, 0.29) is 22.5 Å². The largest absolute Gasteiger partial charge is 0.383 e. The van der Waals surface area contributed by atoms with E-state index in [9.17, 15) is 4.79 Å². The Morgan fingerprint density at radius 2 is 1.88 bits per heavy atom. The summed E-state index contributed by atoms with van der Waals surface area (Å²) in [5.74, 6) is 0.684. The van der Waals surface area contributed by atoms with E-state index in [2.05, 4.69) is 4.98 Å². The van der Waals surface area contributed by atoms with E-state index < -0.39 is 0 Å². The fraction of sp³-hybridized carbons (Fsp3) is 0.412. The van der Waals surface area contributed by atoms with Crippen LogP contribution in [0.1, 0.15) is 19.8 Å². The number of halogens is 2. The van der Waals surface area contributed by atoms with Gasteiger partial charge in [0.1, 0.15) is 5.82 Å². The number of benzene rings is 1. The number of rotatable bonds is 2. The van der Waals surface area contributed by atoms with Crippen LogP contribution in [0.3, 0.4) is 0 Å². The number of aromatic nitrogens is 2. The van der Waals surface area contributed by atoms with Crippen molar-refractivity contribution in [3.8, 4) is 11.1 Å². The van der Waals surface area contributed by atoms with E-state index in [0.717, 1.165) is 25.9 Å². The topological polar surface area (TPSA) is 90.2 Å². The molecule has 1 saturated heterocycles. The van der Waals surface area contributed by atoms with Crippen LogP contribution in [-0.4, -0.2) is 28.2 Å². The minimum absolute atomic E-state index is 0.142. The van der Waals surface area contributed by atoms with Gasteiger partial charge in [-0.15, -0.1) is 0 Å². The molecule has 1 aliphatic rings. The molecule has 6 nitrogen and oxygen atoms in total. The Bertz CT molecular complexity index is 868. The predicted octanol–water partition coefficient (Wildman–Crippen LogP) is 2.65. The fourth-order valence-corrected chi connectivity index (χ4v) is 3.45. The molecule has 1 aromatic carbocycles. The molecule has 0 radical (unpaired) electrons. The van der Waals surface area contributed by atoms with E-state index in [1.807, 2.05) is 11.8 Å². The lowest BCUT2D eigenvalue weighted by atomic mass is 9.91. The zero-order valence-corrected chi connectivity index (χ0v) is 15.7. The Morgan fingerprint density at radius 1 is 1.24 bits per heavy atom. The molecule has 0 atom stereocenters.